The number of rotatable bonds is 6. The summed E-state index contributed by atoms with van der Waals surface area (Å²) in [4.78, 5) is 23.7. The van der Waals surface area contributed by atoms with E-state index in [1.165, 1.54) is 0 Å². The maximum atomic E-state index is 11.2. The van der Waals surface area contributed by atoms with Gasteiger partial charge in [0.15, 0.2) is 0 Å². The third kappa shape index (κ3) is 4.62. The predicted octanol–water partition coefficient (Wildman–Crippen LogP) is 0.618. The summed E-state index contributed by atoms with van der Waals surface area (Å²) in [6.07, 6.45) is 0.694. The predicted molar refractivity (Wildman–Crippen MR) is 49.6 cm³/mol. The van der Waals surface area contributed by atoms with E-state index < -0.39 is 11.9 Å². The second-order valence-corrected chi connectivity index (χ2v) is 3.30. The van der Waals surface area contributed by atoms with Crippen LogP contribution in [-0.4, -0.2) is 42.4 Å². The van der Waals surface area contributed by atoms with Crippen LogP contribution < -0.4 is 0 Å². The van der Waals surface area contributed by atoms with Crippen LogP contribution in [0.5, 0.6) is 0 Å². The molecule has 4 heteroatoms. The van der Waals surface area contributed by atoms with Gasteiger partial charge in [-0.3, -0.25) is 9.59 Å². The van der Waals surface area contributed by atoms with E-state index in [9.17, 15) is 9.59 Å². The average Bonchev–Trinajstić information content (AvgIpc) is 2.03. The van der Waals surface area contributed by atoms with Gasteiger partial charge in [-0.2, -0.15) is 0 Å². The molecule has 0 aliphatic heterocycles. The summed E-state index contributed by atoms with van der Waals surface area (Å²) in [6.45, 7) is 2.32. The largest absolute Gasteiger partial charge is 0.481 e. The van der Waals surface area contributed by atoms with Gasteiger partial charge < -0.3 is 10.0 Å². The topological polar surface area (TPSA) is 57.6 Å². The van der Waals surface area contributed by atoms with Crippen LogP contribution in [0.25, 0.3) is 0 Å². The highest BCUT2D eigenvalue weighted by atomic mass is 16.4. The van der Waals surface area contributed by atoms with Crippen molar-refractivity contribution in [2.45, 2.75) is 19.8 Å². The first kappa shape index (κ1) is 12.1. The Hall–Kier alpha value is -0.900. The van der Waals surface area contributed by atoms with E-state index in [1.54, 1.807) is 6.92 Å². The Balaban J connectivity index is 4.11. The molecule has 0 amide bonds. The van der Waals surface area contributed by atoms with Gasteiger partial charge in [0.05, 0.1) is 0 Å². The first-order valence-electron chi connectivity index (χ1n) is 4.39. The van der Waals surface area contributed by atoms with Gasteiger partial charge >= 0.3 is 5.97 Å². The minimum absolute atomic E-state index is 0.186. The van der Waals surface area contributed by atoms with E-state index in [4.69, 9.17) is 5.11 Å². The van der Waals surface area contributed by atoms with Crippen LogP contribution in [0.1, 0.15) is 19.8 Å². The van der Waals surface area contributed by atoms with E-state index >= 15 is 0 Å². The highest BCUT2D eigenvalue weighted by molar-refractivity contribution is 5.97. The van der Waals surface area contributed by atoms with E-state index in [0.717, 1.165) is 0 Å². The standard InChI is InChI=1S/C9H17NO3/c1-4-8(11)7(9(12)13)5-6-10(2)3/h7H,4-6H2,1-3H3,(H,12,13). The van der Waals surface area contributed by atoms with Gasteiger partial charge in [0.1, 0.15) is 11.7 Å². The zero-order chi connectivity index (χ0) is 10.4. The molecule has 0 aliphatic carbocycles. The highest BCUT2D eigenvalue weighted by Gasteiger charge is 2.23. The first-order valence-corrected chi connectivity index (χ1v) is 4.39. The zero-order valence-corrected chi connectivity index (χ0v) is 8.41. The Kier molecular flexibility index (Phi) is 5.30. The van der Waals surface area contributed by atoms with Gasteiger partial charge in [0, 0.05) is 6.42 Å². The summed E-state index contributed by atoms with van der Waals surface area (Å²) in [5.74, 6) is -2.02. The molecule has 0 aromatic carbocycles. The van der Waals surface area contributed by atoms with E-state index in [0.29, 0.717) is 19.4 Å². The Morgan fingerprint density at radius 3 is 2.23 bits per heavy atom. The SMILES string of the molecule is CCC(=O)C(CCN(C)C)C(=O)O. The molecule has 1 unspecified atom stereocenters. The number of Topliss-reactive ketones (excluding diaryl/α,β-unsaturated/α-hetero) is 1. The van der Waals surface area contributed by atoms with E-state index in [2.05, 4.69) is 0 Å². The maximum Gasteiger partial charge on any atom is 0.314 e. The summed E-state index contributed by atoms with van der Waals surface area (Å²) in [5, 5.41) is 8.75. The Morgan fingerprint density at radius 2 is 1.92 bits per heavy atom. The number of ketones is 1. The summed E-state index contributed by atoms with van der Waals surface area (Å²) in [5.41, 5.74) is 0. The molecule has 0 fully saturated rings. The molecule has 0 spiro atoms. The summed E-state index contributed by atoms with van der Waals surface area (Å²) in [6, 6.07) is 0. The van der Waals surface area contributed by atoms with Crippen molar-refractivity contribution in [2.24, 2.45) is 5.92 Å². The van der Waals surface area contributed by atoms with Crippen molar-refractivity contribution in [1.82, 2.24) is 4.90 Å². The lowest BCUT2D eigenvalue weighted by molar-refractivity contribution is -0.146. The number of carbonyl (C=O) groups is 2. The van der Waals surface area contributed by atoms with Crippen molar-refractivity contribution in [1.29, 1.82) is 0 Å². The first-order chi connectivity index (χ1) is 5.99. The Bertz CT molecular complexity index is 189. The molecule has 0 aromatic rings. The van der Waals surface area contributed by atoms with Crippen molar-refractivity contribution < 1.29 is 14.7 Å². The molecule has 13 heavy (non-hydrogen) atoms. The third-order valence-corrected chi connectivity index (χ3v) is 1.90. The second kappa shape index (κ2) is 5.70. The molecule has 0 radical (unpaired) electrons. The van der Waals surface area contributed by atoms with Crippen LogP contribution in [0.2, 0.25) is 0 Å². The molecular formula is C9H17NO3. The molecule has 1 N–H and O–H groups in total. The summed E-state index contributed by atoms with van der Waals surface area (Å²) < 4.78 is 0. The molecule has 1 atom stereocenters. The highest BCUT2D eigenvalue weighted by Crippen LogP contribution is 2.07. The van der Waals surface area contributed by atoms with Gasteiger partial charge in [-0.1, -0.05) is 6.92 Å². The molecule has 0 saturated heterocycles. The van der Waals surface area contributed by atoms with Crippen LogP contribution in [-0.2, 0) is 9.59 Å². The normalized spacial score (nSPS) is 12.9. The van der Waals surface area contributed by atoms with E-state index in [-0.39, 0.29) is 5.78 Å². The van der Waals surface area contributed by atoms with Crippen molar-refractivity contribution >= 4 is 11.8 Å². The third-order valence-electron chi connectivity index (χ3n) is 1.90. The van der Waals surface area contributed by atoms with Crippen molar-refractivity contribution in [3.63, 3.8) is 0 Å². The van der Waals surface area contributed by atoms with Gasteiger partial charge in [-0.25, -0.2) is 0 Å². The Morgan fingerprint density at radius 1 is 1.38 bits per heavy atom. The molecular weight excluding hydrogens is 170 g/mol. The lowest BCUT2D eigenvalue weighted by Crippen LogP contribution is -2.27. The molecule has 0 rings (SSSR count). The van der Waals surface area contributed by atoms with Crippen LogP contribution in [0.15, 0.2) is 0 Å². The van der Waals surface area contributed by atoms with Gasteiger partial charge in [0.25, 0.3) is 0 Å². The van der Waals surface area contributed by atoms with Crippen LogP contribution in [0.4, 0.5) is 0 Å². The molecule has 0 bridgehead atoms. The minimum atomic E-state index is -1.01. The molecule has 0 aliphatic rings. The number of hydrogen-bond donors (Lipinski definition) is 1. The van der Waals surface area contributed by atoms with Gasteiger partial charge in [-0.05, 0) is 27.1 Å². The molecule has 4 nitrogen and oxygen atoms in total. The number of aliphatic carboxylic acids is 1. The van der Waals surface area contributed by atoms with Crippen molar-refractivity contribution in [3.05, 3.63) is 0 Å². The number of hydrogen-bond acceptors (Lipinski definition) is 3. The molecule has 0 aromatic heterocycles. The second-order valence-electron chi connectivity index (χ2n) is 3.30. The number of carbonyl (C=O) groups excluding carboxylic acids is 1. The van der Waals surface area contributed by atoms with Crippen molar-refractivity contribution in [3.8, 4) is 0 Å². The molecule has 0 saturated carbocycles. The number of nitrogens with zero attached hydrogens (tertiary/aromatic N) is 1. The molecule has 0 heterocycles. The zero-order valence-electron chi connectivity index (χ0n) is 8.41. The summed E-state index contributed by atoms with van der Waals surface area (Å²) in [7, 11) is 3.71. The van der Waals surface area contributed by atoms with Crippen LogP contribution in [0.3, 0.4) is 0 Å². The monoisotopic (exact) mass is 187 g/mol. The fourth-order valence-electron chi connectivity index (χ4n) is 1.06. The fourth-order valence-corrected chi connectivity index (χ4v) is 1.06. The van der Waals surface area contributed by atoms with Crippen LogP contribution >= 0.6 is 0 Å². The van der Waals surface area contributed by atoms with Crippen LogP contribution in [0, 0.1) is 5.92 Å². The fraction of sp³-hybridized carbons (Fsp3) is 0.778. The lowest BCUT2D eigenvalue weighted by Gasteiger charge is -2.13. The minimum Gasteiger partial charge on any atom is -0.481 e. The average molecular weight is 187 g/mol. The van der Waals surface area contributed by atoms with Gasteiger partial charge in [-0.15, -0.1) is 0 Å². The van der Waals surface area contributed by atoms with Gasteiger partial charge in [0.2, 0.25) is 0 Å². The maximum absolute atomic E-state index is 11.2. The lowest BCUT2D eigenvalue weighted by atomic mass is 9.98. The smallest absolute Gasteiger partial charge is 0.314 e. The summed E-state index contributed by atoms with van der Waals surface area (Å²) >= 11 is 0. The van der Waals surface area contributed by atoms with E-state index in [1.807, 2.05) is 19.0 Å². The quantitative estimate of drug-likeness (QED) is 0.619. The molecule has 76 valence electrons. The van der Waals surface area contributed by atoms with Crippen molar-refractivity contribution in [2.75, 3.05) is 20.6 Å². The number of carboxylic acids is 1. The number of carboxylic acid groups (broad SMARTS) is 1. The Labute approximate surface area is 78.5 Å².